The highest BCUT2D eigenvalue weighted by Crippen LogP contribution is 2.12. The number of rotatable bonds is 7. The van der Waals surface area contributed by atoms with E-state index in [9.17, 15) is 0 Å². The van der Waals surface area contributed by atoms with Gasteiger partial charge in [-0.1, -0.05) is 0 Å². The van der Waals surface area contributed by atoms with Gasteiger partial charge >= 0.3 is 0 Å². The van der Waals surface area contributed by atoms with Crippen LogP contribution < -0.4 is 5.32 Å². The highest BCUT2D eigenvalue weighted by molar-refractivity contribution is 4.71. The van der Waals surface area contributed by atoms with Crippen molar-refractivity contribution < 1.29 is 9.47 Å². The van der Waals surface area contributed by atoms with Crippen LogP contribution in [-0.4, -0.2) is 49.2 Å². The molecule has 0 spiro atoms. The van der Waals surface area contributed by atoms with E-state index in [0.29, 0.717) is 13.2 Å². The molecule has 1 saturated heterocycles. The molecule has 0 aromatic carbocycles. The Balaban J connectivity index is 2.03. The van der Waals surface area contributed by atoms with Crippen molar-refractivity contribution in [3.8, 4) is 0 Å². The third kappa shape index (κ3) is 6.69. The molecule has 4 nitrogen and oxygen atoms in total. The molecule has 1 rings (SSSR count). The number of ether oxygens (including phenoxy) is 2. The van der Waals surface area contributed by atoms with E-state index >= 15 is 0 Å². The van der Waals surface area contributed by atoms with Gasteiger partial charge in [0.25, 0.3) is 0 Å². The zero-order valence-corrected chi connectivity index (χ0v) is 12.7. The third-order valence-corrected chi connectivity index (χ3v) is 3.10. The number of nitrogens with zero attached hydrogens (tertiary/aromatic N) is 1. The van der Waals surface area contributed by atoms with E-state index in [1.54, 1.807) is 0 Å². The fourth-order valence-corrected chi connectivity index (χ4v) is 2.31. The van der Waals surface area contributed by atoms with Crippen LogP contribution in [0.4, 0.5) is 0 Å². The van der Waals surface area contributed by atoms with Crippen LogP contribution in [0.15, 0.2) is 0 Å². The van der Waals surface area contributed by atoms with Crippen LogP contribution in [0.2, 0.25) is 0 Å². The minimum atomic E-state index is 0.0655. The van der Waals surface area contributed by atoms with E-state index in [1.165, 1.54) is 25.9 Å². The summed E-state index contributed by atoms with van der Waals surface area (Å²) >= 11 is 0. The fourth-order valence-electron chi connectivity index (χ4n) is 2.31. The van der Waals surface area contributed by atoms with Gasteiger partial charge in [-0.25, -0.2) is 0 Å². The molecule has 18 heavy (non-hydrogen) atoms. The zero-order chi connectivity index (χ0) is 13.6. The highest BCUT2D eigenvalue weighted by atomic mass is 16.5. The molecule has 0 aromatic rings. The molecule has 2 atom stereocenters. The number of hydrogen-bond donors (Lipinski definition) is 1. The average molecular weight is 258 g/mol. The van der Waals surface area contributed by atoms with E-state index < -0.39 is 0 Å². The lowest BCUT2D eigenvalue weighted by Crippen LogP contribution is -2.44. The molecule has 1 aliphatic heterocycles. The van der Waals surface area contributed by atoms with Gasteiger partial charge in [0.15, 0.2) is 0 Å². The molecular formula is C14H30N2O2. The van der Waals surface area contributed by atoms with E-state index in [4.69, 9.17) is 9.47 Å². The smallest absolute Gasteiger partial charge is 0.107 e. The number of likely N-dealkylation sites (tertiary alicyclic amines) is 1. The Morgan fingerprint density at radius 3 is 2.17 bits per heavy atom. The maximum absolute atomic E-state index is 5.78. The van der Waals surface area contributed by atoms with Gasteiger partial charge in [-0.15, -0.1) is 0 Å². The normalized spacial score (nSPS) is 21.2. The van der Waals surface area contributed by atoms with Crippen LogP contribution >= 0.6 is 0 Å². The van der Waals surface area contributed by atoms with Gasteiger partial charge < -0.3 is 9.47 Å². The van der Waals surface area contributed by atoms with Gasteiger partial charge in [0.1, 0.15) is 12.5 Å². The quantitative estimate of drug-likeness (QED) is 0.561. The second kappa shape index (κ2) is 7.43. The molecule has 0 bridgehead atoms. The van der Waals surface area contributed by atoms with Gasteiger partial charge in [0.05, 0.1) is 13.2 Å². The highest BCUT2D eigenvalue weighted by Gasteiger charge is 2.18. The summed E-state index contributed by atoms with van der Waals surface area (Å²) < 4.78 is 11.5. The molecule has 2 unspecified atom stereocenters. The summed E-state index contributed by atoms with van der Waals surface area (Å²) in [6, 6.07) is 0. The topological polar surface area (TPSA) is 33.7 Å². The van der Waals surface area contributed by atoms with Gasteiger partial charge in [-0.3, -0.25) is 10.2 Å². The molecule has 0 radical (unpaired) electrons. The Morgan fingerprint density at radius 1 is 1.06 bits per heavy atom. The first-order valence-corrected chi connectivity index (χ1v) is 7.13. The Labute approximate surface area is 112 Å². The molecule has 1 N–H and O–H groups in total. The van der Waals surface area contributed by atoms with Gasteiger partial charge in [-0.05, 0) is 47.5 Å². The molecule has 0 aromatic heterocycles. The largest absolute Gasteiger partial charge is 0.361 e. The Kier molecular flexibility index (Phi) is 6.57. The Bertz CT molecular complexity index is 222. The average Bonchev–Trinajstić information content (AvgIpc) is 2.74. The summed E-state index contributed by atoms with van der Waals surface area (Å²) in [5.41, 5.74) is 0.0864. The first kappa shape index (κ1) is 15.9. The van der Waals surface area contributed by atoms with E-state index in [-0.39, 0.29) is 18.0 Å². The van der Waals surface area contributed by atoms with Crippen molar-refractivity contribution in [1.82, 2.24) is 10.2 Å². The molecule has 1 heterocycles. The minimum Gasteiger partial charge on any atom is -0.361 e. The second-order valence-electron chi connectivity index (χ2n) is 6.12. The van der Waals surface area contributed by atoms with E-state index in [1.807, 2.05) is 6.92 Å². The summed E-state index contributed by atoms with van der Waals surface area (Å²) in [5.74, 6) is 0. The standard InChI is InChI=1S/C14H30N2O2/c1-12(15-14(3,4)5)17-10-11-18-13(2)16-8-6-7-9-16/h12-13,15H,6-11H2,1-5H3. The lowest BCUT2D eigenvalue weighted by Gasteiger charge is -2.27. The van der Waals surface area contributed by atoms with Crippen LogP contribution in [0.1, 0.15) is 47.5 Å². The first-order chi connectivity index (χ1) is 8.38. The van der Waals surface area contributed by atoms with Gasteiger partial charge in [-0.2, -0.15) is 0 Å². The monoisotopic (exact) mass is 258 g/mol. The van der Waals surface area contributed by atoms with Crippen molar-refractivity contribution in [3.05, 3.63) is 0 Å². The molecule has 108 valence electrons. The molecule has 4 heteroatoms. The Morgan fingerprint density at radius 2 is 1.61 bits per heavy atom. The first-order valence-electron chi connectivity index (χ1n) is 7.13. The summed E-state index contributed by atoms with van der Waals surface area (Å²) in [6.45, 7) is 14.2. The second-order valence-corrected chi connectivity index (χ2v) is 6.12. The molecule has 0 amide bonds. The van der Waals surface area contributed by atoms with Crippen LogP contribution in [0.25, 0.3) is 0 Å². The van der Waals surface area contributed by atoms with Crippen molar-refractivity contribution in [2.75, 3.05) is 26.3 Å². The zero-order valence-electron chi connectivity index (χ0n) is 12.7. The van der Waals surface area contributed by atoms with Crippen LogP contribution in [0, 0.1) is 0 Å². The molecule has 0 saturated carbocycles. The maximum Gasteiger partial charge on any atom is 0.107 e. The molecule has 1 aliphatic rings. The Hall–Kier alpha value is -0.160. The minimum absolute atomic E-state index is 0.0655. The van der Waals surface area contributed by atoms with Gasteiger partial charge in [0.2, 0.25) is 0 Å². The summed E-state index contributed by atoms with van der Waals surface area (Å²) in [6.07, 6.45) is 2.89. The van der Waals surface area contributed by atoms with Crippen LogP contribution in [0.3, 0.4) is 0 Å². The van der Waals surface area contributed by atoms with Crippen molar-refractivity contribution in [3.63, 3.8) is 0 Å². The SMILES string of the molecule is CC(NC(C)(C)C)OCCOC(C)N1CCCC1. The molecule has 0 aliphatic carbocycles. The predicted molar refractivity (Wildman–Crippen MR) is 74.5 cm³/mol. The van der Waals surface area contributed by atoms with Crippen molar-refractivity contribution in [2.24, 2.45) is 0 Å². The third-order valence-electron chi connectivity index (χ3n) is 3.10. The lowest BCUT2D eigenvalue weighted by molar-refractivity contribution is -0.0733. The summed E-state index contributed by atoms with van der Waals surface area (Å²) in [4.78, 5) is 2.39. The fraction of sp³-hybridized carbons (Fsp3) is 1.00. The lowest BCUT2D eigenvalue weighted by atomic mass is 10.1. The van der Waals surface area contributed by atoms with Crippen LogP contribution in [-0.2, 0) is 9.47 Å². The van der Waals surface area contributed by atoms with Crippen LogP contribution in [0.5, 0.6) is 0 Å². The molecule has 1 fully saturated rings. The van der Waals surface area contributed by atoms with Crippen molar-refractivity contribution >= 4 is 0 Å². The molecular weight excluding hydrogens is 228 g/mol. The van der Waals surface area contributed by atoms with E-state index in [0.717, 1.165) is 0 Å². The number of hydrogen-bond acceptors (Lipinski definition) is 4. The predicted octanol–water partition coefficient (Wildman–Crippen LogP) is 2.20. The van der Waals surface area contributed by atoms with Crippen molar-refractivity contribution in [1.29, 1.82) is 0 Å². The van der Waals surface area contributed by atoms with Gasteiger partial charge in [0, 0.05) is 18.6 Å². The summed E-state index contributed by atoms with van der Waals surface area (Å²) in [5, 5.41) is 3.37. The van der Waals surface area contributed by atoms with Crippen molar-refractivity contribution in [2.45, 2.75) is 65.5 Å². The maximum atomic E-state index is 5.78. The van der Waals surface area contributed by atoms with E-state index in [2.05, 4.69) is 37.9 Å². The number of nitrogens with one attached hydrogen (secondary N) is 1. The summed E-state index contributed by atoms with van der Waals surface area (Å²) in [7, 11) is 0.